The highest BCUT2D eigenvalue weighted by atomic mass is 16.6. The summed E-state index contributed by atoms with van der Waals surface area (Å²) in [6, 6.07) is 20.1. The van der Waals surface area contributed by atoms with Crippen molar-refractivity contribution in [2.45, 2.75) is 18.1 Å². The largest absolute Gasteiger partial charge is 0.449 e. The van der Waals surface area contributed by atoms with Gasteiger partial charge in [-0.1, -0.05) is 48.5 Å². The summed E-state index contributed by atoms with van der Waals surface area (Å²) >= 11 is 0. The molecule has 0 bridgehead atoms. The van der Waals surface area contributed by atoms with Crippen LogP contribution in [0.4, 0.5) is 10.5 Å². The van der Waals surface area contributed by atoms with Crippen molar-refractivity contribution in [1.29, 1.82) is 0 Å². The molecule has 0 aromatic heterocycles. The third kappa shape index (κ3) is 4.18. The molecule has 1 amide bonds. The number of nitro groups is 1. The Hall–Kier alpha value is -3.75. The van der Waals surface area contributed by atoms with Crippen LogP contribution in [-0.4, -0.2) is 40.5 Å². The van der Waals surface area contributed by atoms with Crippen LogP contribution < -0.4 is 5.32 Å². The highest BCUT2D eigenvalue weighted by Gasteiger charge is 2.30. The smallest absolute Gasteiger partial charge is 0.407 e. The van der Waals surface area contributed by atoms with Crippen molar-refractivity contribution in [1.82, 2.24) is 5.32 Å². The van der Waals surface area contributed by atoms with Crippen molar-refractivity contribution in [2.75, 3.05) is 13.2 Å². The van der Waals surface area contributed by atoms with Crippen molar-refractivity contribution in [3.05, 3.63) is 99.6 Å². The van der Waals surface area contributed by atoms with Crippen LogP contribution >= 0.6 is 0 Å². The zero-order valence-corrected chi connectivity index (χ0v) is 17.0. The van der Waals surface area contributed by atoms with Crippen LogP contribution in [0.5, 0.6) is 0 Å². The Bertz CT molecular complexity index is 1090. The first-order valence-corrected chi connectivity index (χ1v) is 10.1. The number of rotatable bonds is 7. The Morgan fingerprint density at radius 2 is 1.56 bits per heavy atom. The molecule has 0 unspecified atom stereocenters. The highest BCUT2D eigenvalue weighted by molar-refractivity contribution is 5.79. The van der Waals surface area contributed by atoms with Gasteiger partial charge in [-0.25, -0.2) is 4.79 Å². The van der Waals surface area contributed by atoms with Crippen molar-refractivity contribution in [2.24, 2.45) is 0 Å². The molecule has 1 aliphatic rings. The first kappa shape index (κ1) is 21.5. The highest BCUT2D eigenvalue weighted by Crippen LogP contribution is 2.44. The van der Waals surface area contributed by atoms with Gasteiger partial charge in [0.1, 0.15) is 12.7 Å². The summed E-state index contributed by atoms with van der Waals surface area (Å²) < 4.78 is 5.45. The number of fused-ring (bicyclic) bond motifs is 3. The molecule has 0 radical (unpaired) electrons. The molecule has 2 atom stereocenters. The number of hydrogen-bond acceptors (Lipinski definition) is 6. The number of aliphatic hydroxyl groups is 2. The lowest BCUT2D eigenvalue weighted by Crippen LogP contribution is -2.42. The number of ether oxygens (including phenoxy) is 1. The molecule has 1 aliphatic carbocycles. The number of hydrogen-bond donors (Lipinski definition) is 3. The molecule has 164 valence electrons. The van der Waals surface area contributed by atoms with Crippen LogP contribution in [0.25, 0.3) is 11.1 Å². The number of nitro benzene ring substituents is 1. The molecule has 3 aromatic carbocycles. The first-order chi connectivity index (χ1) is 15.5. The maximum Gasteiger partial charge on any atom is 0.407 e. The first-order valence-electron chi connectivity index (χ1n) is 10.1. The molecule has 8 heteroatoms. The van der Waals surface area contributed by atoms with Crippen LogP contribution in [-0.2, 0) is 4.74 Å². The van der Waals surface area contributed by atoms with E-state index in [9.17, 15) is 25.1 Å². The minimum Gasteiger partial charge on any atom is -0.449 e. The maximum absolute atomic E-state index is 12.4. The molecule has 0 aliphatic heterocycles. The number of carbonyl (C=O) groups excluding carboxylic acids is 1. The van der Waals surface area contributed by atoms with Gasteiger partial charge in [-0.3, -0.25) is 10.1 Å². The summed E-state index contributed by atoms with van der Waals surface area (Å²) in [6.07, 6.45) is -2.03. The van der Waals surface area contributed by atoms with Gasteiger partial charge in [-0.2, -0.15) is 0 Å². The summed E-state index contributed by atoms with van der Waals surface area (Å²) in [6.45, 7) is -0.437. The Kier molecular flexibility index (Phi) is 6.16. The topological polar surface area (TPSA) is 122 Å². The Morgan fingerprint density at radius 3 is 2.09 bits per heavy atom. The molecule has 0 fully saturated rings. The van der Waals surface area contributed by atoms with E-state index in [4.69, 9.17) is 4.74 Å². The molecular formula is C24H22N2O6. The summed E-state index contributed by atoms with van der Waals surface area (Å²) in [4.78, 5) is 22.7. The van der Waals surface area contributed by atoms with E-state index in [1.54, 1.807) is 0 Å². The number of nitrogens with zero attached hydrogens (tertiary/aromatic N) is 1. The van der Waals surface area contributed by atoms with Crippen LogP contribution in [0.15, 0.2) is 72.8 Å². The quantitative estimate of drug-likeness (QED) is 0.386. The molecule has 3 N–H and O–H groups in total. The van der Waals surface area contributed by atoms with Gasteiger partial charge < -0.3 is 20.3 Å². The molecule has 0 saturated heterocycles. The molecule has 3 aromatic rings. The number of aliphatic hydroxyl groups excluding tert-OH is 2. The van der Waals surface area contributed by atoms with Gasteiger partial charge >= 0.3 is 6.09 Å². The zero-order chi connectivity index (χ0) is 22.7. The number of non-ortho nitro benzene ring substituents is 1. The fourth-order valence-corrected chi connectivity index (χ4v) is 4.04. The van der Waals surface area contributed by atoms with Crippen LogP contribution in [0.1, 0.15) is 28.7 Å². The Labute approximate surface area is 184 Å². The van der Waals surface area contributed by atoms with Crippen LogP contribution in [0, 0.1) is 10.1 Å². The van der Waals surface area contributed by atoms with E-state index in [2.05, 4.69) is 5.32 Å². The molecule has 0 heterocycles. The number of carbonyl (C=O) groups is 1. The van der Waals surface area contributed by atoms with Gasteiger partial charge in [-0.05, 0) is 39.9 Å². The number of benzene rings is 3. The lowest BCUT2D eigenvalue weighted by Gasteiger charge is -2.23. The third-order valence-electron chi connectivity index (χ3n) is 5.67. The van der Waals surface area contributed by atoms with Crippen LogP contribution in [0.3, 0.4) is 0 Å². The molecule has 0 spiro atoms. The second-order valence-electron chi connectivity index (χ2n) is 7.55. The fourth-order valence-electron chi connectivity index (χ4n) is 4.04. The lowest BCUT2D eigenvalue weighted by atomic mass is 9.98. The Balaban J connectivity index is 1.41. The summed E-state index contributed by atoms with van der Waals surface area (Å²) in [5, 5.41) is 33.4. The number of amides is 1. The average Bonchev–Trinajstić information content (AvgIpc) is 3.14. The van der Waals surface area contributed by atoms with Crippen molar-refractivity contribution in [3.63, 3.8) is 0 Å². The monoisotopic (exact) mass is 434 g/mol. The van der Waals surface area contributed by atoms with Crippen LogP contribution in [0.2, 0.25) is 0 Å². The van der Waals surface area contributed by atoms with Gasteiger partial charge in [0.25, 0.3) is 5.69 Å². The second kappa shape index (κ2) is 9.17. The van der Waals surface area contributed by atoms with E-state index in [1.807, 2.05) is 48.5 Å². The van der Waals surface area contributed by atoms with Gasteiger partial charge in [0.2, 0.25) is 0 Å². The summed E-state index contributed by atoms with van der Waals surface area (Å²) in [5.74, 6) is -0.111. The normalized spacial score (nSPS) is 14.2. The molecule has 32 heavy (non-hydrogen) atoms. The fraction of sp³-hybridized carbons (Fsp3) is 0.208. The molecule has 4 rings (SSSR count). The van der Waals surface area contributed by atoms with E-state index < -0.39 is 29.8 Å². The SMILES string of the molecule is O=C(N[C@H](CO)[C@H](O)c1ccc([N+](=O)[O-])cc1)OCC1c2ccccc2-c2ccccc21. The van der Waals surface area contributed by atoms with E-state index in [-0.39, 0.29) is 18.2 Å². The van der Waals surface area contributed by atoms with E-state index in [0.29, 0.717) is 5.56 Å². The van der Waals surface area contributed by atoms with Gasteiger partial charge in [0.05, 0.1) is 17.6 Å². The number of nitrogens with one attached hydrogen (secondary N) is 1. The Morgan fingerprint density at radius 1 is 1.00 bits per heavy atom. The van der Waals surface area contributed by atoms with Crippen molar-refractivity contribution in [3.8, 4) is 11.1 Å². The maximum atomic E-state index is 12.4. The molecule has 0 saturated carbocycles. The predicted octanol–water partition coefficient (Wildman–Crippen LogP) is 3.53. The molecule has 8 nitrogen and oxygen atoms in total. The second-order valence-corrected chi connectivity index (χ2v) is 7.55. The number of alkyl carbamates (subject to hydrolysis) is 1. The standard InChI is InChI=1S/C24H22N2O6/c27-13-22(23(28)15-9-11-16(12-10-15)26(30)31)25-24(29)32-14-21-19-7-3-1-5-17(19)18-6-2-4-8-20(18)21/h1-12,21-23,27-28H,13-14H2,(H,25,29)/t22-,23-/m1/s1. The third-order valence-corrected chi connectivity index (χ3v) is 5.67. The zero-order valence-electron chi connectivity index (χ0n) is 17.0. The summed E-state index contributed by atoms with van der Waals surface area (Å²) in [7, 11) is 0. The minimum atomic E-state index is -1.26. The lowest BCUT2D eigenvalue weighted by molar-refractivity contribution is -0.384. The summed E-state index contributed by atoms with van der Waals surface area (Å²) in [5.41, 5.74) is 4.58. The molecular weight excluding hydrogens is 412 g/mol. The van der Waals surface area contributed by atoms with E-state index >= 15 is 0 Å². The minimum absolute atomic E-state index is 0.103. The predicted molar refractivity (Wildman–Crippen MR) is 117 cm³/mol. The van der Waals surface area contributed by atoms with Gasteiger partial charge in [0.15, 0.2) is 0 Å². The average molecular weight is 434 g/mol. The van der Waals surface area contributed by atoms with Crippen molar-refractivity contribution < 1.29 is 24.7 Å². The van der Waals surface area contributed by atoms with E-state index in [0.717, 1.165) is 22.3 Å². The van der Waals surface area contributed by atoms with E-state index in [1.165, 1.54) is 24.3 Å². The van der Waals surface area contributed by atoms with Crippen molar-refractivity contribution >= 4 is 11.8 Å². The van der Waals surface area contributed by atoms with Gasteiger partial charge in [-0.15, -0.1) is 0 Å². The van der Waals surface area contributed by atoms with Gasteiger partial charge in [0, 0.05) is 18.1 Å².